The highest BCUT2D eigenvalue weighted by Crippen LogP contribution is 2.22. The Balaban J connectivity index is 1.65. The molecule has 0 amide bonds. The molecule has 0 radical (unpaired) electrons. The van der Waals surface area contributed by atoms with Crippen molar-refractivity contribution in [3.8, 4) is 0 Å². The van der Waals surface area contributed by atoms with Crippen molar-refractivity contribution in [2.45, 2.75) is 13.0 Å². The van der Waals surface area contributed by atoms with Crippen LogP contribution in [0.2, 0.25) is 0 Å². The van der Waals surface area contributed by atoms with Gasteiger partial charge in [-0.1, -0.05) is 24.3 Å². The fourth-order valence-electron chi connectivity index (χ4n) is 3.12. The number of nitrogens with zero attached hydrogens (tertiary/aromatic N) is 1. The molecule has 1 fully saturated rings. The van der Waals surface area contributed by atoms with E-state index in [1.54, 1.807) is 0 Å². The zero-order valence-corrected chi connectivity index (χ0v) is 15.7. The molecule has 2 aromatic rings. The number of hydrogen-bond acceptors (Lipinski definition) is 3. The number of thiocarbonyl (C=S) groups is 1. The second-order valence-electron chi connectivity index (χ2n) is 6.42. The molecule has 0 bridgehead atoms. The molecule has 26 heavy (non-hydrogen) atoms. The predicted octanol–water partition coefficient (Wildman–Crippen LogP) is 3.49. The van der Waals surface area contributed by atoms with E-state index < -0.39 is 0 Å². The van der Waals surface area contributed by atoms with E-state index in [1.165, 1.54) is 17.7 Å². The molecule has 138 valence electrons. The standard InChI is InChI=1S/C20H24FN3OS/c1-15-3-2-4-18(13-15)23-20(26)22-14-19(24-9-11-25-12-10-24)16-5-7-17(21)8-6-16/h2-8,13,19H,9-12,14H2,1H3,(H2,22,23,26)/t19-/m0/s1. The van der Waals surface area contributed by atoms with Gasteiger partial charge >= 0.3 is 0 Å². The molecule has 6 heteroatoms. The van der Waals surface area contributed by atoms with Crippen LogP contribution in [0.15, 0.2) is 48.5 Å². The minimum Gasteiger partial charge on any atom is -0.379 e. The molecule has 2 N–H and O–H groups in total. The van der Waals surface area contributed by atoms with E-state index in [-0.39, 0.29) is 11.9 Å². The summed E-state index contributed by atoms with van der Waals surface area (Å²) in [5, 5.41) is 7.10. The lowest BCUT2D eigenvalue weighted by atomic mass is 10.0. The first kappa shape index (κ1) is 18.8. The number of aryl methyl sites for hydroxylation is 1. The maximum Gasteiger partial charge on any atom is 0.170 e. The molecular formula is C20H24FN3OS. The number of hydrogen-bond donors (Lipinski definition) is 2. The zero-order chi connectivity index (χ0) is 18.4. The maximum atomic E-state index is 13.3. The summed E-state index contributed by atoms with van der Waals surface area (Å²) in [6.45, 7) is 5.81. The molecule has 1 aliphatic rings. The first-order valence-electron chi connectivity index (χ1n) is 8.80. The van der Waals surface area contributed by atoms with Crippen LogP contribution >= 0.6 is 12.2 Å². The topological polar surface area (TPSA) is 36.5 Å². The van der Waals surface area contributed by atoms with Crippen molar-refractivity contribution in [2.24, 2.45) is 0 Å². The third-order valence-electron chi connectivity index (χ3n) is 4.47. The van der Waals surface area contributed by atoms with Crippen LogP contribution in [0.5, 0.6) is 0 Å². The molecule has 4 nitrogen and oxygen atoms in total. The third-order valence-corrected chi connectivity index (χ3v) is 4.72. The normalized spacial score (nSPS) is 16.1. The van der Waals surface area contributed by atoms with E-state index in [0.29, 0.717) is 24.9 Å². The first-order valence-corrected chi connectivity index (χ1v) is 9.21. The summed E-state index contributed by atoms with van der Waals surface area (Å²) in [5.41, 5.74) is 3.21. The van der Waals surface area contributed by atoms with Gasteiger partial charge in [-0.05, 0) is 54.5 Å². The Labute approximate surface area is 159 Å². The quantitative estimate of drug-likeness (QED) is 0.785. The number of morpholine rings is 1. The van der Waals surface area contributed by atoms with Crippen LogP contribution in [0, 0.1) is 12.7 Å². The van der Waals surface area contributed by atoms with Crippen molar-refractivity contribution in [1.29, 1.82) is 0 Å². The van der Waals surface area contributed by atoms with Gasteiger partial charge in [0.25, 0.3) is 0 Å². The van der Waals surface area contributed by atoms with Gasteiger partial charge in [0.15, 0.2) is 5.11 Å². The average molecular weight is 373 g/mol. The molecule has 3 rings (SSSR count). The minimum atomic E-state index is -0.223. The van der Waals surface area contributed by atoms with Crippen LogP contribution in [-0.4, -0.2) is 42.9 Å². The van der Waals surface area contributed by atoms with E-state index in [0.717, 1.165) is 24.3 Å². The molecule has 1 atom stereocenters. The van der Waals surface area contributed by atoms with Gasteiger partial charge in [-0.25, -0.2) is 4.39 Å². The predicted molar refractivity (Wildman–Crippen MR) is 107 cm³/mol. The zero-order valence-electron chi connectivity index (χ0n) is 14.9. The molecule has 0 aliphatic carbocycles. The summed E-state index contributed by atoms with van der Waals surface area (Å²) >= 11 is 5.44. The maximum absolute atomic E-state index is 13.3. The average Bonchev–Trinajstić information content (AvgIpc) is 2.64. The molecule has 1 aliphatic heterocycles. The lowest BCUT2D eigenvalue weighted by molar-refractivity contribution is 0.0170. The SMILES string of the molecule is Cc1cccc(NC(=S)NC[C@@H](c2ccc(F)cc2)N2CCOCC2)c1. The van der Waals surface area contributed by atoms with Gasteiger partial charge in [-0.15, -0.1) is 0 Å². The number of benzene rings is 2. The van der Waals surface area contributed by atoms with Gasteiger partial charge in [-0.3, -0.25) is 4.90 Å². The van der Waals surface area contributed by atoms with Gasteiger partial charge in [0.05, 0.1) is 19.3 Å². The largest absolute Gasteiger partial charge is 0.379 e. The molecule has 0 aromatic heterocycles. The summed E-state index contributed by atoms with van der Waals surface area (Å²) in [5.74, 6) is -0.223. The van der Waals surface area contributed by atoms with E-state index in [4.69, 9.17) is 17.0 Å². The summed E-state index contributed by atoms with van der Waals surface area (Å²) in [6.07, 6.45) is 0. The lowest BCUT2D eigenvalue weighted by Gasteiger charge is -2.35. The van der Waals surface area contributed by atoms with Crippen LogP contribution in [0.3, 0.4) is 0 Å². The van der Waals surface area contributed by atoms with Crippen molar-refractivity contribution in [2.75, 3.05) is 38.2 Å². The number of ether oxygens (including phenoxy) is 1. The van der Waals surface area contributed by atoms with Crippen molar-refractivity contribution in [3.05, 3.63) is 65.5 Å². The highest BCUT2D eigenvalue weighted by atomic mass is 32.1. The number of anilines is 1. The highest BCUT2D eigenvalue weighted by Gasteiger charge is 2.22. The summed E-state index contributed by atoms with van der Waals surface area (Å²) in [6, 6.07) is 14.9. The molecule has 1 heterocycles. The van der Waals surface area contributed by atoms with Crippen LogP contribution in [0.25, 0.3) is 0 Å². The summed E-state index contributed by atoms with van der Waals surface area (Å²) in [4.78, 5) is 2.35. The molecule has 2 aromatic carbocycles. The molecule has 1 saturated heterocycles. The van der Waals surface area contributed by atoms with Crippen LogP contribution in [0.4, 0.5) is 10.1 Å². The van der Waals surface area contributed by atoms with Gasteiger partial charge in [-0.2, -0.15) is 0 Å². The Morgan fingerprint density at radius 2 is 1.92 bits per heavy atom. The fraction of sp³-hybridized carbons (Fsp3) is 0.350. The van der Waals surface area contributed by atoms with E-state index in [2.05, 4.69) is 15.5 Å². The molecular weight excluding hydrogens is 349 g/mol. The van der Waals surface area contributed by atoms with E-state index >= 15 is 0 Å². The van der Waals surface area contributed by atoms with Gasteiger partial charge in [0.1, 0.15) is 5.82 Å². The van der Waals surface area contributed by atoms with Gasteiger partial charge in [0, 0.05) is 25.3 Å². The molecule has 0 spiro atoms. The Morgan fingerprint density at radius 3 is 2.62 bits per heavy atom. The first-order chi connectivity index (χ1) is 12.6. The Morgan fingerprint density at radius 1 is 1.19 bits per heavy atom. The number of nitrogens with one attached hydrogen (secondary N) is 2. The van der Waals surface area contributed by atoms with Gasteiger partial charge < -0.3 is 15.4 Å². The Hall–Kier alpha value is -2.02. The molecule has 0 unspecified atom stereocenters. The minimum absolute atomic E-state index is 0.108. The molecule has 0 saturated carbocycles. The third kappa shape index (κ3) is 5.24. The second-order valence-corrected chi connectivity index (χ2v) is 6.83. The smallest absolute Gasteiger partial charge is 0.170 e. The lowest BCUT2D eigenvalue weighted by Crippen LogP contribution is -2.44. The van der Waals surface area contributed by atoms with Gasteiger partial charge in [0.2, 0.25) is 0 Å². The van der Waals surface area contributed by atoms with Crippen LogP contribution in [-0.2, 0) is 4.74 Å². The van der Waals surface area contributed by atoms with Crippen molar-refractivity contribution in [3.63, 3.8) is 0 Å². The highest BCUT2D eigenvalue weighted by molar-refractivity contribution is 7.80. The van der Waals surface area contributed by atoms with Crippen molar-refractivity contribution >= 4 is 23.0 Å². The second kappa shape index (κ2) is 9.07. The number of halogens is 1. The summed E-state index contributed by atoms with van der Waals surface area (Å²) in [7, 11) is 0. The van der Waals surface area contributed by atoms with Crippen LogP contribution in [0.1, 0.15) is 17.2 Å². The van der Waals surface area contributed by atoms with Crippen molar-refractivity contribution in [1.82, 2.24) is 10.2 Å². The fourth-order valence-corrected chi connectivity index (χ4v) is 3.32. The van der Waals surface area contributed by atoms with E-state index in [9.17, 15) is 4.39 Å². The number of rotatable bonds is 5. The van der Waals surface area contributed by atoms with Crippen LogP contribution < -0.4 is 10.6 Å². The Bertz CT molecular complexity index is 732. The van der Waals surface area contributed by atoms with Crippen molar-refractivity contribution < 1.29 is 9.13 Å². The van der Waals surface area contributed by atoms with E-state index in [1.807, 2.05) is 43.3 Å². The summed E-state index contributed by atoms with van der Waals surface area (Å²) < 4.78 is 18.8. The Kier molecular flexibility index (Phi) is 6.55. The monoisotopic (exact) mass is 373 g/mol.